The van der Waals surface area contributed by atoms with Crippen molar-refractivity contribution in [3.63, 3.8) is 0 Å². The van der Waals surface area contributed by atoms with E-state index in [1.165, 1.54) is 7.11 Å². The summed E-state index contributed by atoms with van der Waals surface area (Å²) in [7, 11) is 1.35. The van der Waals surface area contributed by atoms with Crippen molar-refractivity contribution in [1.29, 1.82) is 0 Å². The van der Waals surface area contributed by atoms with E-state index >= 15 is 0 Å². The van der Waals surface area contributed by atoms with Crippen molar-refractivity contribution >= 4 is 28.5 Å². The van der Waals surface area contributed by atoms with Crippen LogP contribution in [-0.4, -0.2) is 27.8 Å². The van der Waals surface area contributed by atoms with E-state index in [2.05, 4.69) is 10.1 Å². The van der Waals surface area contributed by atoms with Gasteiger partial charge in [0.15, 0.2) is 5.69 Å². The molecule has 0 amide bonds. The summed E-state index contributed by atoms with van der Waals surface area (Å²) >= 11 is 5.97. The van der Waals surface area contributed by atoms with Gasteiger partial charge in [0.05, 0.1) is 24.2 Å². The Hall–Kier alpha value is -2.40. The molecule has 0 saturated heterocycles. The number of aryl methyl sites for hydroxylation is 1. The van der Waals surface area contributed by atoms with Crippen molar-refractivity contribution in [2.24, 2.45) is 0 Å². The Balaban J connectivity index is 1.91. The molecule has 5 nitrogen and oxygen atoms in total. The first-order valence-electron chi connectivity index (χ1n) is 6.73. The minimum absolute atomic E-state index is 0.341. The number of ether oxygens (including phenoxy) is 1. The summed E-state index contributed by atoms with van der Waals surface area (Å²) in [6.07, 6.45) is 3.45. The number of methoxy groups -OCH3 is 1. The van der Waals surface area contributed by atoms with Crippen molar-refractivity contribution in [2.75, 3.05) is 7.11 Å². The van der Waals surface area contributed by atoms with Gasteiger partial charge in [-0.1, -0.05) is 17.7 Å². The molecule has 0 fully saturated rings. The highest BCUT2D eigenvalue weighted by Gasteiger charge is 2.14. The fourth-order valence-electron chi connectivity index (χ4n) is 2.34. The van der Waals surface area contributed by atoms with Crippen LogP contribution >= 0.6 is 11.6 Å². The molecule has 0 radical (unpaired) electrons. The molecule has 2 aromatic heterocycles. The Kier molecular flexibility index (Phi) is 3.81. The number of carbonyl (C=O) groups is 1. The van der Waals surface area contributed by atoms with Crippen LogP contribution in [0.15, 0.2) is 36.7 Å². The molecule has 1 aromatic carbocycles. The Morgan fingerprint density at radius 2 is 2.18 bits per heavy atom. The first-order chi connectivity index (χ1) is 10.6. The number of aromatic nitrogens is 3. The fraction of sp³-hybridized carbons (Fsp3) is 0.188. The minimum Gasteiger partial charge on any atom is -0.464 e. The zero-order chi connectivity index (χ0) is 15.7. The third-order valence-corrected chi connectivity index (χ3v) is 3.59. The summed E-state index contributed by atoms with van der Waals surface area (Å²) in [5.41, 5.74) is 3.07. The van der Waals surface area contributed by atoms with E-state index in [1.807, 2.05) is 37.4 Å². The standard InChI is InChI=1S/C16H14ClN3O2/c1-10-8-20(19-15(10)16(21)22-2)9-11-3-4-14-12(5-11)6-13(17)7-18-14/h3-8H,9H2,1-2H3. The van der Waals surface area contributed by atoms with Crippen LogP contribution in [0, 0.1) is 6.92 Å². The molecule has 0 N–H and O–H groups in total. The summed E-state index contributed by atoms with van der Waals surface area (Å²) in [6, 6.07) is 7.82. The van der Waals surface area contributed by atoms with Gasteiger partial charge in [-0.25, -0.2) is 4.79 Å². The van der Waals surface area contributed by atoms with Crippen molar-refractivity contribution in [3.8, 4) is 0 Å². The maximum absolute atomic E-state index is 11.6. The largest absolute Gasteiger partial charge is 0.464 e. The second-order valence-corrected chi connectivity index (χ2v) is 5.47. The Morgan fingerprint density at radius 3 is 2.95 bits per heavy atom. The van der Waals surface area contributed by atoms with Crippen LogP contribution in [0.25, 0.3) is 10.9 Å². The van der Waals surface area contributed by atoms with E-state index in [0.29, 0.717) is 17.3 Å². The number of carbonyl (C=O) groups excluding carboxylic acids is 1. The van der Waals surface area contributed by atoms with E-state index < -0.39 is 5.97 Å². The molecule has 0 bridgehead atoms. The minimum atomic E-state index is -0.425. The maximum Gasteiger partial charge on any atom is 0.358 e. The summed E-state index contributed by atoms with van der Waals surface area (Å²) in [6.45, 7) is 2.39. The number of esters is 1. The van der Waals surface area contributed by atoms with Gasteiger partial charge in [-0.15, -0.1) is 0 Å². The second-order valence-electron chi connectivity index (χ2n) is 5.03. The second kappa shape index (κ2) is 5.77. The average molecular weight is 316 g/mol. The number of nitrogens with zero attached hydrogens (tertiary/aromatic N) is 3. The highest BCUT2D eigenvalue weighted by Crippen LogP contribution is 2.19. The molecule has 3 aromatic rings. The van der Waals surface area contributed by atoms with Crippen LogP contribution in [0.4, 0.5) is 0 Å². The molecule has 22 heavy (non-hydrogen) atoms. The van der Waals surface area contributed by atoms with Gasteiger partial charge >= 0.3 is 5.97 Å². The van der Waals surface area contributed by atoms with Gasteiger partial charge in [-0.05, 0) is 30.7 Å². The molecule has 0 spiro atoms. The van der Waals surface area contributed by atoms with Gasteiger partial charge in [0.2, 0.25) is 0 Å². The van der Waals surface area contributed by atoms with Crippen LogP contribution in [0.1, 0.15) is 21.6 Å². The van der Waals surface area contributed by atoms with Crippen molar-refractivity contribution in [2.45, 2.75) is 13.5 Å². The highest BCUT2D eigenvalue weighted by molar-refractivity contribution is 6.31. The molecular formula is C16H14ClN3O2. The summed E-state index contributed by atoms with van der Waals surface area (Å²) in [5.74, 6) is -0.425. The lowest BCUT2D eigenvalue weighted by Gasteiger charge is -2.04. The van der Waals surface area contributed by atoms with Crippen LogP contribution in [-0.2, 0) is 11.3 Å². The first-order valence-corrected chi connectivity index (χ1v) is 7.11. The van der Waals surface area contributed by atoms with Crippen LogP contribution in [0.5, 0.6) is 0 Å². The number of benzene rings is 1. The van der Waals surface area contributed by atoms with Crippen molar-refractivity contribution < 1.29 is 9.53 Å². The first kappa shape index (κ1) is 14.5. The molecule has 0 aliphatic heterocycles. The van der Waals surface area contributed by atoms with Crippen LogP contribution in [0.3, 0.4) is 0 Å². The molecule has 0 aliphatic rings. The Labute approximate surface area is 132 Å². The predicted octanol–water partition coefficient (Wildman–Crippen LogP) is 3.23. The lowest BCUT2D eigenvalue weighted by atomic mass is 10.1. The van der Waals surface area contributed by atoms with Gasteiger partial charge in [-0.2, -0.15) is 5.10 Å². The van der Waals surface area contributed by atoms with Gasteiger partial charge < -0.3 is 4.74 Å². The third kappa shape index (κ3) is 2.80. The Bertz CT molecular complexity index is 858. The summed E-state index contributed by atoms with van der Waals surface area (Å²) in [4.78, 5) is 15.9. The monoisotopic (exact) mass is 315 g/mol. The predicted molar refractivity (Wildman–Crippen MR) is 84.2 cm³/mol. The van der Waals surface area contributed by atoms with Crippen molar-refractivity contribution in [1.82, 2.24) is 14.8 Å². The molecule has 6 heteroatoms. The van der Waals surface area contributed by atoms with E-state index in [1.54, 1.807) is 10.9 Å². The van der Waals surface area contributed by atoms with Crippen molar-refractivity contribution in [3.05, 3.63) is 58.5 Å². The molecular weight excluding hydrogens is 302 g/mol. The number of hydrogen-bond donors (Lipinski definition) is 0. The quantitative estimate of drug-likeness (QED) is 0.696. The zero-order valence-electron chi connectivity index (χ0n) is 12.2. The SMILES string of the molecule is COC(=O)c1nn(Cc2ccc3ncc(Cl)cc3c2)cc1C. The normalized spacial score (nSPS) is 10.9. The maximum atomic E-state index is 11.6. The van der Waals surface area contributed by atoms with Gasteiger partial charge in [0.25, 0.3) is 0 Å². The summed E-state index contributed by atoms with van der Waals surface area (Å²) in [5, 5.41) is 5.85. The summed E-state index contributed by atoms with van der Waals surface area (Å²) < 4.78 is 6.44. The van der Waals surface area contributed by atoms with Crippen LogP contribution in [0.2, 0.25) is 5.02 Å². The molecule has 0 atom stereocenters. The molecule has 0 saturated carbocycles. The van der Waals surface area contributed by atoms with Crippen LogP contribution < -0.4 is 0 Å². The molecule has 0 unspecified atom stereocenters. The van der Waals surface area contributed by atoms with Gasteiger partial charge in [-0.3, -0.25) is 9.67 Å². The van der Waals surface area contributed by atoms with Gasteiger partial charge in [0.1, 0.15) is 0 Å². The number of hydrogen-bond acceptors (Lipinski definition) is 4. The highest BCUT2D eigenvalue weighted by atomic mass is 35.5. The molecule has 2 heterocycles. The van der Waals surface area contributed by atoms with E-state index in [-0.39, 0.29) is 0 Å². The van der Waals surface area contributed by atoms with E-state index in [0.717, 1.165) is 22.0 Å². The fourth-order valence-corrected chi connectivity index (χ4v) is 2.51. The Morgan fingerprint density at radius 1 is 1.36 bits per heavy atom. The van der Waals surface area contributed by atoms with Gasteiger partial charge in [0, 0.05) is 23.3 Å². The molecule has 0 aliphatic carbocycles. The average Bonchev–Trinajstić information content (AvgIpc) is 2.86. The third-order valence-electron chi connectivity index (χ3n) is 3.38. The van der Waals surface area contributed by atoms with E-state index in [4.69, 9.17) is 16.3 Å². The molecule has 112 valence electrons. The zero-order valence-corrected chi connectivity index (χ0v) is 13.0. The lowest BCUT2D eigenvalue weighted by molar-refractivity contribution is 0.0592. The number of pyridine rings is 1. The lowest BCUT2D eigenvalue weighted by Crippen LogP contribution is -2.06. The number of fused-ring (bicyclic) bond motifs is 1. The smallest absolute Gasteiger partial charge is 0.358 e. The van der Waals surface area contributed by atoms with E-state index in [9.17, 15) is 4.79 Å². The molecule has 3 rings (SSSR count). The topological polar surface area (TPSA) is 57.0 Å². The number of rotatable bonds is 3. The number of halogens is 1.